The summed E-state index contributed by atoms with van der Waals surface area (Å²) in [6.07, 6.45) is 8.54. The van der Waals surface area contributed by atoms with Crippen molar-refractivity contribution in [3.63, 3.8) is 0 Å². The van der Waals surface area contributed by atoms with Gasteiger partial charge in [-0.1, -0.05) is 51.2 Å². The number of ether oxygens (including phenoxy) is 1. The topological polar surface area (TPSA) is 44.1 Å². The molecule has 2 heterocycles. The Labute approximate surface area is 165 Å². The van der Waals surface area contributed by atoms with Crippen molar-refractivity contribution >= 4 is 28.3 Å². The van der Waals surface area contributed by atoms with Crippen LogP contribution in [0.15, 0.2) is 35.7 Å². The summed E-state index contributed by atoms with van der Waals surface area (Å²) in [4.78, 5) is 17.5. The highest BCUT2D eigenvalue weighted by atomic mass is 32.1. The number of rotatable bonds is 10. The molecule has 27 heavy (non-hydrogen) atoms. The van der Waals surface area contributed by atoms with Crippen LogP contribution in [0.1, 0.15) is 67.9 Å². The lowest BCUT2D eigenvalue weighted by Gasteiger charge is -2.07. The van der Waals surface area contributed by atoms with Crippen LogP contribution in [-0.2, 0) is 11.2 Å². The van der Waals surface area contributed by atoms with E-state index in [-0.39, 0.29) is 5.97 Å². The van der Waals surface area contributed by atoms with Crippen LogP contribution < -0.4 is 0 Å². The van der Waals surface area contributed by atoms with Gasteiger partial charge in [0.1, 0.15) is 10.7 Å². The van der Waals surface area contributed by atoms with Gasteiger partial charge in [0, 0.05) is 11.8 Å². The number of hydrogen-bond donors (Lipinski definition) is 0. The molecular formula is C22H28N2O2S. The molecule has 0 unspecified atom stereocenters. The van der Waals surface area contributed by atoms with E-state index in [1.807, 2.05) is 30.5 Å². The van der Waals surface area contributed by atoms with E-state index in [0.29, 0.717) is 11.5 Å². The Morgan fingerprint density at radius 2 is 1.89 bits per heavy atom. The molecule has 0 amide bonds. The van der Waals surface area contributed by atoms with Crippen LogP contribution in [0.5, 0.6) is 0 Å². The van der Waals surface area contributed by atoms with E-state index in [0.717, 1.165) is 35.4 Å². The number of carbonyl (C=O) groups excluding carboxylic acids is 1. The number of para-hydroxylation sites is 2. The van der Waals surface area contributed by atoms with Crippen molar-refractivity contribution in [1.82, 2.24) is 9.55 Å². The largest absolute Gasteiger partial charge is 0.462 e. The first kappa shape index (κ1) is 19.6. The summed E-state index contributed by atoms with van der Waals surface area (Å²) in [5, 5.41) is 2.02. The van der Waals surface area contributed by atoms with Gasteiger partial charge in [-0.3, -0.25) is 4.57 Å². The monoisotopic (exact) mass is 384 g/mol. The molecule has 3 aromatic rings. The van der Waals surface area contributed by atoms with Gasteiger partial charge < -0.3 is 4.74 Å². The van der Waals surface area contributed by atoms with Gasteiger partial charge in [0.2, 0.25) is 0 Å². The molecule has 0 saturated carbocycles. The Morgan fingerprint density at radius 3 is 2.70 bits per heavy atom. The van der Waals surface area contributed by atoms with Crippen LogP contribution >= 0.6 is 11.3 Å². The van der Waals surface area contributed by atoms with Gasteiger partial charge in [-0.2, -0.15) is 0 Å². The number of carbonyl (C=O) groups is 1. The maximum Gasteiger partial charge on any atom is 0.348 e. The number of imidazole rings is 1. The van der Waals surface area contributed by atoms with E-state index >= 15 is 0 Å². The first-order valence-electron chi connectivity index (χ1n) is 9.97. The van der Waals surface area contributed by atoms with E-state index in [1.165, 1.54) is 43.4 Å². The molecule has 0 spiro atoms. The molecule has 0 fully saturated rings. The Balaban J connectivity index is 1.82. The van der Waals surface area contributed by atoms with E-state index in [4.69, 9.17) is 9.72 Å². The molecule has 1 aromatic carbocycles. The summed E-state index contributed by atoms with van der Waals surface area (Å²) in [6, 6.07) is 10.1. The van der Waals surface area contributed by atoms with Crippen molar-refractivity contribution in [2.45, 2.75) is 58.8 Å². The van der Waals surface area contributed by atoms with Gasteiger partial charge in [0.05, 0.1) is 23.3 Å². The zero-order chi connectivity index (χ0) is 19.1. The molecule has 0 atom stereocenters. The van der Waals surface area contributed by atoms with Gasteiger partial charge in [0.25, 0.3) is 0 Å². The first-order chi connectivity index (χ1) is 13.2. The van der Waals surface area contributed by atoms with Crippen LogP contribution in [0.3, 0.4) is 0 Å². The van der Waals surface area contributed by atoms with Crippen LogP contribution in [0.2, 0.25) is 0 Å². The zero-order valence-corrected chi connectivity index (χ0v) is 17.1. The molecule has 5 heteroatoms. The van der Waals surface area contributed by atoms with Crippen molar-refractivity contribution in [2.75, 3.05) is 6.61 Å². The molecule has 0 aliphatic heterocycles. The molecule has 0 radical (unpaired) electrons. The van der Waals surface area contributed by atoms with Crippen molar-refractivity contribution in [3.8, 4) is 5.69 Å². The number of hydrogen-bond acceptors (Lipinski definition) is 4. The van der Waals surface area contributed by atoms with Crippen LogP contribution in [0, 0.1) is 0 Å². The van der Waals surface area contributed by atoms with Gasteiger partial charge >= 0.3 is 5.97 Å². The fourth-order valence-corrected chi connectivity index (χ4v) is 4.11. The lowest BCUT2D eigenvalue weighted by Crippen LogP contribution is -2.03. The average molecular weight is 385 g/mol. The van der Waals surface area contributed by atoms with E-state index in [1.54, 1.807) is 0 Å². The van der Waals surface area contributed by atoms with Crippen molar-refractivity contribution < 1.29 is 9.53 Å². The highest BCUT2D eigenvalue weighted by Crippen LogP contribution is 2.27. The number of esters is 1. The van der Waals surface area contributed by atoms with E-state index < -0.39 is 0 Å². The minimum Gasteiger partial charge on any atom is -0.462 e. The van der Waals surface area contributed by atoms with Gasteiger partial charge in [-0.15, -0.1) is 11.3 Å². The van der Waals surface area contributed by atoms with Crippen molar-refractivity contribution in [2.24, 2.45) is 0 Å². The second-order valence-electron chi connectivity index (χ2n) is 6.76. The number of aromatic nitrogens is 2. The lowest BCUT2D eigenvalue weighted by atomic mass is 10.1. The van der Waals surface area contributed by atoms with Crippen LogP contribution in [0.25, 0.3) is 16.7 Å². The molecule has 0 aliphatic carbocycles. The second-order valence-corrected chi connectivity index (χ2v) is 7.67. The maximum absolute atomic E-state index is 12.0. The third-order valence-corrected chi connectivity index (χ3v) is 5.60. The number of unbranched alkanes of at least 4 members (excludes halogenated alkanes) is 5. The summed E-state index contributed by atoms with van der Waals surface area (Å²) in [5.41, 5.74) is 3.09. The Morgan fingerprint density at radius 1 is 1.11 bits per heavy atom. The highest BCUT2D eigenvalue weighted by molar-refractivity contribution is 7.12. The minimum atomic E-state index is -0.254. The van der Waals surface area contributed by atoms with E-state index in [9.17, 15) is 4.79 Å². The lowest BCUT2D eigenvalue weighted by molar-refractivity contribution is 0.0532. The predicted octanol–water partition coefficient (Wildman–Crippen LogP) is 6.17. The normalized spacial score (nSPS) is 11.2. The number of nitrogens with zero attached hydrogens (tertiary/aromatic N) is 2. The van der Waals surface area contributed by atoms with Gasteiger partial charge in [-0.25, -0.2) is 9.78 Å². The van der Waals surface area contributed by atoms with Crippen LogP contribution in [-0.4, -0.2) is 22.1 Å². The molecular weight excluding hydrogens is 356 g/mol. The predicted molar refractivity (Wildman–Crippen MR) is 112 cm³/mol. The summed E-state index contributed by atoms with van der Waals surface area (Å²) >= 11 is 1.43. The third kappa shape index (κ3) is 4.78. The summed E-state index contributed by atoms with van der Waals surface area (Å²) in [7, 11) is 0. The quantitative estimate of drug-likeness (QED) is 0.310. The molecule has 0 aliphatic rings. The average Bonchev–Trinajstić information content (AvgIpc) is 3.29. The number of aryl methyl sites for hydroxylation is 1. The highest BCUT2D eigenvalue weighted by Gasteiger charge is 2.16. The fourth-order valence-electron chi connectivity index (χ4n) is 3.35. The summed E-state index contributed by atoms with van der Waals surface area (Å²) < 4.78 is 7.33. The SMILES string of the molecule is CCCCCCCCc1nc2ccccc2n1-c1csc(C(=O)OCC)c1. The third-order valence-electron chi connectivity index (χ3n) is 4.70. The zero-order valence-electron chi connectivity index (χ0n) is 16.2. The van der Waals surface area contributed by atoms with Gasteiger partial charge in [-0.05, 0) is 31.5 Å². The second kappa shape index (κ2) is 9.70. The molecule has 144 valence electrons. The van der Waals surface area contributed by atoms with Crippen LogP contribution in [0.4, 0.5) is 0 Å². The molecule has 0 N–H and O–H groups in total. The van der Waals surface area contributed by atoms with Crippen molar-refractivity contribution in [3.05, 3.63) is 46.4 Å². The molecule has 2 aromatic heterocycles. The molecule has 4 nitrogen and oxygen atoms in total. The summed E-state index contributed by atoms with van der Waals surface area (Å²) in [5.74, 6) is 0.815. The maximum atomic E-state index is 12.0. The Kier molecular flexibility index (Phi) is 7.04. The fraction of sp³-hybridized carbons (Fsp3) is 0.455. The smallest absolute Gasteiger partial charge is 0.348 e. The Bertz CT molecular complexity index is 881. The molecule has 0 bridgehead atoms. The summed E-state index contributed by atoms with van der Waals surface area (Å²) in [6.45, 7) is 4.46. The number of fused-ring (bicyclic) bond motifs is 1. The molecule has 0 saturated heterocycles. The molecule has 3 rings (SSSR count). The minimum absolute atomic E-state index is 0.254. The standard InChI is InChI=1S/C22H28N2O2S/c1-3-5-6-7-8-9-14-21-23-18-12-10-11-13-19(18)24(21)17-15-20(27-16-17)22(25)26-4-2/h10-13,15-16H,3-9,14H2,1-2H3. The van der Waals surface area contributed by atoms with Gasteiger partial charge in [0.15, 0.2) is 0 Å². The Hall–Kier alpha value is -2.14. The van der Waals surface area contributed by atoms with Crippen molar-refractivity contribution in [1.29, 1.82) is 0 Å². The first-order valence-corrected chi connectivity index (χ1v) is 10.8. The van der Waals surface area contributed by atoms with E-state index in [2.05, 4.69) is 23.6 Å². The number of thiophene rings is 1. The number of benzene rings is 1.